The van der Waals surface area contributed by atoms with Crippen LogP contribution in [0.1, 0.15) is 36.5 Å². The molecule has 0 bridgehead atoms. The second-order valence-corrected chi connectivity index (χ2v) is 6.17. The Kier molecular flexibility index (Phi) is 5.22. The molecule has 0 heterocycles. The molecule has 1 saturated carbocycles. The average Bonchev–Trinajstić information content (AvgIpc) is 3.24. The third kappa shape index (κ3) is 4.46. The first-order chi connectivity index (χ1) is 10.0. The van der Waals surface area contributed by atoms with Crippen LogP contribution in [0, 0.1) is 5.92 Å². The van der Waals surface area contributed by atoms with Crippen LogP contribution in [-0.2, 0) is 0 Å². The van der Waals surface area contributed by atoms with Gasteiger partial charge < -0.3 is 15.3 Å². The summed E-state index contributed by atoms with van der Waals surface area (Å²) in [6.07, 6.45) is 3.28. The van der Waals surface area contributed by atoms with E-state index in [4.69, 9.17) is 5.11 Å². The maximum absolute atomic E-state index is 12.3. The molecular formula is C15H19BrN2O3. The number of hydrogen-bond donors (Lipinski definition) is 2. The van der Waals surface area contributed by atoms with Crippen molar-refractivity contribution in [3.8, 4) is 0 Å². The van der Waals surface area contributed by atoms with Crippen LogP contribution in [0.2, 0.25) is 0 Å². The van der Waals surface area contributed by atoms with Crippen molar-refractivity contribution < 1.29 is 14.7 Å². The van der Waals surface area contributed by atoms with Crippen molar-refractivity contribution >= 4 is 33.6 Å². The zero-order chi connectivity index (χ0) is 15.4. The summed E-state index contributed by atoms with van der Waals surface area (Å²) >= 11 is 3.19. The second-order valence-electron chi connectivity index (χ2n) is 5.32. The molecule has 21 heavy (non-hydrogen) atoms. The molecule has 1 fully saturated rings. The van der Waals surface area contributed by atoms with E-state index in [9.17, 15) is 9.59 Å². The minimum atomic E-state index is -1.03. The van der Waals surface area contributed by atoms with Crippen molar-refractivity contribution in [3.05, 3.63) is 28.2 Å². The summed E-state index contributed by atoms with van der Waals surface area (Å²) in [7, 11) is 0. The van der Waals surface area contributed by atoms with Gasteiger partial charge in [-0.1, -0.05) is 6.92 Å². The van der Waals surface area contributed by atoms with Gasteiger partial charge in [0.1, 0.15) is 0 Å². The number of benzene rings is 1. The van der Waals surface area contributed by atoms with E-state index in [0.29, 0.717) is 22.6 Å². The number of carboxylic acid groups (broad SMARTS) is 1. The predicted octanol–water partition coefficient (Wildman–Crippen LogP) is 3.80. The lowest BCUT2D eigenvalue weighted by molar-refractivity contribution is 0.0696. The van der Waals surface area contributed by atoms with E-state index < -0.39 is 5.97 Å². The van der Waals surface area contributed by atoms with Crippen LogP contribution in [0.4, 0.5) is 10.5 Å². The summed E-state index contributed by atoms with van der Waals surface area (Å²) in [6.45, 7) is 3.53. The Bertz CT molecular complexity index is 544. The molecule has 0 aromatic heterocycles. The quantitative estimate of drug-likeness (QED) is 0.816. The Morgan fingerprint density at radius 1 is 1.43 bits per heavy atom. The molecule has 2 rings (SSSR count). The monoisotopic (exact) mass is 354 g/mol. The van der Waals surface area contributed by atoms with Crippen molar-refractivity contribution in [2.75, 3.05) is 18.4 Å². The average molecular weight is 355 g/mol. The van der Waals surface area contributed by atoms with E-state index in [1.165, 1.54) is 18.9 Å². The smallest absolute Gasteiger partial charge is 0.336 e. The molecule has 0 atom stereocenters. The molecule has 1 aromatic rings. The number of rotatable bonds is 6. The number of halogens is 1. The van der Waals surface area contributed by atoms with Gasteiger partial charge in [0, 0.05) is 23.2 Å². The number of nitrogens with one attached hydrogen (secondary N) is 1. The van der Waals surface area contributed by atoms with Crippen LogP contribution >= 0.6 is 15.9 Å². The summed E-state index contributed by atoms with van der Waals surface area (Å²) < 4.78 is 0.497. The summed E-state index contributed by atoms with van der Waals surface area (Å²) in [6, 6.07) is 4.62. The van der Waals surface area contributed by atoms with E-state index in [-0.39, 0.29) is 11.6 Å². The molecule has 0 aliphatic heterocycles. The fourth-order valence-electron chi connectivity index (χ4n) is 2.13. The van der Waals surface area contributed by atoms with Crippen molar-refractivity contribution in [2.45, 2.75) is 26.2 Å². The lowest BCUT2D eigenvalue weighted by Crippen LogP contribution is -2.37. The minimum Gasteiger partial charge on any atom is -0.478 e. The highest BCUT2D eigenvalue weighted by atomic mass is 79.9. The first-order valence-corrected chi connectivity index (χ1v) is 7.89. The Hall–Kier alpha value is -1.56. The highest BCUT2D eigenvalue weighted by Crippen LogP contribution is 2.30. The SMILES string of the molecule is CCCN(CC1CC1)C(=O)Nc1ccc(Br)c(C(=O)O)c1. The van der Waals surface area contributed by atoms with Gasteiger partial charge in [0.2, 0.25) is 0 Å². The Labute approximate surface area is 132 Å². The van der Waals surface area contributed by atoms with Gasteiger partial charge in [0.15, 0.2) is 0 Å². The third-order valence-corrected chi connectivity index (χ3v) is 4.10. The molecule has 114 valence electrons. The van der Waals surface area contributed by atoms with E-state index >= 15 is 0 Å². The molecule has 2 amide bonds. The molecule has 0 saturated heterocycles. The lowest BCUT2D eigenvalue weighted by Gasteiger charge is -2.22. The normalized spacial score (nSPS) is 13.8. The predicted molar refractivity (Wildman–Crippen MR) is 84.7 cm³/mol. The van der Waals surface area contributed by atoms with Gasteiger partial charge in [-0.3, -0.25) is 0 Å². The van der Waals surface area contributed by atoms with Gasteiger partial charge in [0.05, 0.1) is 5.56 Å². The number of carboxylic acids is 1. The third-order valence-electron chi connectivity index (χ3n) is 3.40. The maximum Gasteiger partial charge on any atom is 0.336 e. The van der Waals surface area contributed by atoms with Crippen molar-refractivity contribution in [2.24, 2.45) is 5.92 Å². The Morgan fingerprint density at radius 3 is 2.71 bits per heavy atom. The topological polar surface area (TPSA) is 69.6 Å². The van der Waals surface area contributed by atoms with Gasteiger partial charge in [-0.05, 0) is 59.3 Å². The Balaban J connectivity index is 2.06. The van der Waals surface area contributed by atoms with Gasteiger partial charge in [0.25, 0.3) is 0 Å². The number of hydrogen-bond acceptors (Lipinski definition) is 2. The van der Waals surface area contributed by atoms with Crippen molar-refractivity contribution in [1.29, 1.82) is 0 Å². The second kappa shape index (κ2) is 6.93. The molecule has 5 nitrogen and oxygen atoms in total. The summed E-state index contributed by atoms with van der Waals surface area (Å²) in [4.78, 5) is 25.2. The molecule has 1 aliphatic carbocycles. The van der Waals surface area contributed by atoms with Crippen LogP contribution in [0.3, 0.4) is 0 Å². The number of carbonyl (C=O) groups excluding carboxylic acids is 1. The summed E-state index contributed by atoms with van der Waals surface area (Å²) in [5, 5.41) is 11.9. The largest absolute Gasteiger partial charge is 0.478 e. The van der Waals surface area contributed by atoms with Crippen LogP contribution < -0.4 is 5.32 Å². The molecule has 2 N–H and O–H groups in total. The number of urea groups is 1. The minimum absolute atomic E-state index is 0.136. The van der Waals surface area contributed by atoms with Crippen LogP contribution in [-0.4, -0.2) is 35.1 Å². The number of amides is 2. The summed E-state index contributed by atoms with van der Waals surface area (Å²) in [5.41, 5.74) is 0.634. The number of anilines is 1. The van der Waals surface area contributed by atoms with E-state index in [1.54, 1.807) is 17.0 Å². The van der Waals surface area contributed by atoms with E-state index in [1.807, 2.05) is 6.92 Å². The standard InChI is InChI=1S/C15H19BrN2O3/c1-2-7-18(9-10-3-4-10)15(21)17-11-5-6-13(16)12(8-11)14(19)20/h5-6,8,10H,2-4,7,9H2,1H3,(H,17,21)(H,19,20). The molecule has 1 aliphatic rings. The molecule has 0 spiro atoms. The zero-order valence-corrected chi connectivity index (χ0v) is 13.5. The van der Waals surface area contributed by atoms with Gasteiger partial charge in [-0.2, -0.15) is 0 Å². The van der Waals surface area contributed by atoms with Crippen molar-refractivity contribution in [1.82, 2.24) is 4.90 Å². The fraction of sp³-hybridized carbons (Fsp3) is 0.467. The highest BCUT2D eigenvalue weighted by Gasteiger charge is 2.26. The first kappa shape index (κ1) is 15.8. The van der Waals surface area contributed by atoms with Gasteiger partial charge in [-0.25, -0.2) is 9.59 Å². The number of carbonyl (C=O) groups is 2. The summed E-state index contributed by atoms with van der Waals surface area (Å²) in [5.74, 6) is -0.400. The van der Waals surface area contributed by atoms with Crippen LogP contribution in [0.5, 0.6) is 0 Å². The maximum atomic E-state index is 12.3. The fourth-order valence-corrected chi connectivity index (χ4v) is 2.54. The molecular weight excluding hydrogens is 336 g/mol. The molecule has 0 unspecified atom stereocenters. The van der Waals surface area contributed by atoms with E-state index in [0.717, 1.165) is 13.0 Å². The van der Waals surface area contributed by atoms with Gasteiger partial charge >= 0.3 is 12.0 Å². The first-order valence-electron chi connectivity index (χ1n) is 7.10. The zero-order valence-electron chi connectivity index (χ0n) is 11.9. The Morgan fingerprint density at radius 2 is 2.14 bits per heavy atom. The van der Waals surface area contributed by atoms with Crippen LogP contribution in [0.15, 0.2) is 22.7 Å². The number of nitrogens with zero attached hydrogens (tertiary/aromatic N) is 1. The van der Waals surface area contributed by atoms with E-state index in [2.05, 4.69) is 21.2 Å². The number of aromatic carboxylic acids is 1. The van der Waals surface area contributed by atoms with Gasteiger partial charge in [-0.15, -0.1) is 0 Å². The molecule has 0 radical (unpaired) electrons. The van der Waals surface area contributed by atoms with Crippen molar-refractivity contribution in [3.63, 3.8) is 0 Å². The van der Waals surface area contributed by atoms with Crippen LogP contribution in [0.25, 0.3) is 0 Å². The molecule has 1 aromatic carbocycles. The highest BCUT2D eigenvalue weighted by molar-refractivity contribution is 9.10. The lowest BCUT2D eigenvalue weighted by atomic mass is 10.2. The molecule has 6 heteroatoms.